The number of aromatic nitrogens is 5. The minimum Gasteiger partial charge on any atom is -0.508 e. The molecule has 0 saturated carbocycles. The molecule has 18 heteroatoms. The van der Waals surface area contributed by atoms with Crippen LogP contribution in [0, 0.1) is 5.92 Å². The van der Waals surface area contributed by atoms with E-state index in [0.29, 0.717) is 55.7 Å². The van der Waals surface area contributed by atoms with Crippen LogP contribution in [-0.2, 0) is 20.5 Å². The minimum atomic E-state index is -0.892. The molecule has 2 saturated heterocycles. The maximum Gasteiger partial charge on any atom is 0.481 e. The Labute approximate surface area is 384 Å². The van der Waals surface area contributed by atoms with Crippen molar-refractivity contribution in [3.63, 3.8) is 0 Å². The average Bonchev–Trinajstić information content (AvgIpc) is 3.83. The zero-order valence-corrected chi connectivity index (χ0v) is 38.4. The van der Waals surface area contributed by atoms with E-state index < -0.39 is 42.0 Å². The monoisotopic (exact) mass is 899 g/mol. The fraction of sp³-hybridized carbons (Fsp3) is 0.417. The van der Waals surface area contributed by atoms with Crippen LogP contribution in [0.5, 0.6) is 11.5 Å². The summed E-state index contributed by atoms with van der Waals surface area (Å²) < 4.78 is 15.1. The van der Waals surface area contributed by atoms with Gasteiger partial charge in [0.2, 0.25) is 11.7 Å². The van der Waals surface area contributed by atoms with Crippen molar-refractivity contribution in [2.24, 2.45) is 11.7 Å². The van der Waals surface area contributed by atoms with Crippen molar-refractivity contribution in [3.8, 4) is 28.6 Å². The van der Waals surface area contributed by atoms with Gasteiger partial charge in [0.15, 0.2) is 5.82 Å². The number of phenols is 2. The first-order valence-corrected chi connectivity index (χ1v) is 22.4. The molecule has 2 aromatic heterocycles. The van der Waals surface area contributed by atoms with Crippen molar-refractivity contribution >= 4 is 30.7 Å². The highest BCUT2D eigenvalue weighted by molar-refractivity contribution is 6.48. The standard InChI is InChI=1S/C48H58BN9O8/c1-8-51-45(63)43-56-55-42(34-26-33(29(4)5)36(59)27-37(34)60)58(43)32-16-14-31(15-17-32)46(64)57-22-18-48(19-23-57)47(6,7)65-49(66-48)38(24-28(2)3)54-44(62)35(25-30-12-10-9-11-13-30)39-40(41(50)61)53-21-20-52-39/h9-17,20-21,26-29,35,38,59-60H,8,18-19,22-25H2,1-7H3,(H2,50,61)(H,51,63)(H,54,62)/t35-,38-/m0/s1. The van der Waals surface area contributed by atoms with E-state index in [9.17, 15) is 29.4 Å². The topological polar surface area (TPSA) is 237 Å². The number of rotatable bonds is 15. The van der Waals surface area contributed by atoms with Gasteiger partial charge in [-0.25, -0.2) is 4.98 Å². The van der Waals surface area contributed by atoms with Gasteiger partial charge < -0.3 is 40.8 Å². The summed E-state index contributed by atoms with van der Waals surface area (Å²) in [7, 11) is -0.816. The fourth-order valence-corrected chi connectivity index (χ4v) is 8.99. The van der Waals surface area contributed by atoms with Gasteiger partial charge >= 0.3 is 7.12 Å². The molecule has 0 aliphatic carbocycles. The molecule has 0 unspecified atom stereocenters. The highest BCUT2D eigenvalue weighted by Crippen LogP contribution is 2.46. The number of aromatic hydroxyl groups is 2. The van der Waals surface area contributed by atoms with E-state index in [1.165, 1.54) is 23.0 Å². The average molecular weight is 900 g/mol. The first-order chi connectivity index (χ1) is 31.4. The molecule has 66 heavy (non-hydrogen) atoms. The second-order valence-corrected chi connectivity index (χ2v) is 18.2. The Morgan fingerprint density at radius 2 is 1.58 bits per heavy atom. The molecule has 2 aliphatic heterocycles. The molecule has 346 valence electrons. The maximum absolute atomic E-state index is 14.4. The third kappa shape index (κ3) is 9.65. The first-order valence-electron chi connectivity index (χ1n) is 22.4. The molecule has 2 aliphatic rings. The van der Waals surface area contributed by atoms with Crippen molar-refractivity contribution in [2.45, 2.75) is 103 Å². The van der Waals surface area contributed by atoms with E-state index in [1.807, 2.05) is 58.0 Å². The summed E-state index contributed by atoms with van der Waals surface area (Å²) in [6.45, 7) is 14.8. The molecule has 0 bridgehead atoms. The molecule has 1 spiro atoms. The van der Waals surface area contributed by atoms with Gasteiger partial charge in [-0.15, -0.1) is 10.2 Å². The van der Waals surface area contributed by atoms with Crippen LogP contribution in [0.15, 0.2) is 79.1 Å². The summed E-state index contributed by atoms with van der Waals surface area (Å²) in [5.41, 5.74) is 6.89. The maximum atomic E-state index is 14.4. The highest BCUT2D eigenvalue weighted by Gasteiger charge is 2.60. The van der Waals surface area contributed by atoms with Gasteiger partial charge in [-0.05, 0) is 99.7 Å². The first kappa shape index (κ1) is 47.3. The van der Waals surface area contributed by atoms with Crippen LogP contribution in [0.2, 0.25) is 0 Å². The molecule has 5 aromatic rings. The van der Waals surface area contributed by atoms with E-state index in [1.54, 1.807) is 42.2 Å². The summed E-state index contributed by atoms with van der Waals surface area (Å²) in [5.74, 6) is -3.35. The zero-order valence-electron chi connectivity index (χ0n) is 38.4. The number of phenolic OH excluding ortho intramolecular Hbond substituents is 2. The van der Waals surface area contributed by atoms with Crippen LogP contribution >= 0.6 is 0 Å². The van der Waals surface area contributed by atoms with E-state index in [0.717, 1.165) is 5.56 Å². The van der Waals surface area contributed by atoms with Crippen LogP contribution < -0.4 is 16.4 Å². The van der Waals surface area contributed by atoms with Crippen LogP contribution in [0.3, 0.4) is 0 Å². The second-order valence-electron chi connectivity index (χ2n) is 18.2. The third-order valence-electron chi connectivity index (χ3n) is 12.6. The van der Waals surface area contributed by atoms with E-state index in [-0.39, 0.29) is 70.2 Å². The molecule has 7 rings (SSSR count). The lowest BCUT2D eigenvalue weighted by molar-refractivity contribution is -0.123. The number of nitrogens with two attached hydrogens (primary N) is 1. The molecule has 17 nitrogen and oxygen atoms in total. The lowest BCUT2D eigenvalue weighted by Gasteiger charge is -2.45. The molecule has 0 radical (unpaired) electrons. The fourth-order valence-electron chi connectivity index (χ4n) is 8.99. The lowest BCUT2D eigenvalue weighted by atomic mass is 9.73. The number of benzene rings is 3. The number of carbonyl (C=O) groups is 4. The predicted molar refractivity (Wildman–Crippen MR) is 247 cm³/mol. The Bertz CT molecular complexity index is 2580. The number of nitrogens with one attached hydrogen (secondary N) is 2. The largest absolute Gasteiger partial charge is 0.508 e. The molecule has 3 aromatic carbocycles. The number of nitrogens with zero attached hydrogens (tertiary/aromatic N) is 6. The third-order valence-corrected chi connectivity index (χ3v) is 12.6. The van der Waals surface area contributed by atoms with Gasteiger partial charge in [0.25, 0.3) is 17.7 Å². The number of piperidine rings is 1. The van der Waals surface area contributed by atoms with Crippen molar-refractivity contribution in [1.29, 1.82) is 0 Å². The number of hydrogen-bond acceptors (Lipinski definition) is 12. The molecule has 4 amide bonds. The second kappa shape index (κ2) is 19.4. The number of hydrogen-bond donors (Lipinski definition) is 5. The SMILES string of the molecule is CCNC(=O)c1nnc(-c2cc(C(C)C)c(O)cc2O)n1-c1ccc(C(=O)N2CCC3(CC2)OB([C@H](CC(C)C)NC(=O)[C@@H](Cc2ccccc2)c2nccnc2C(N)=O)OC3(C)C)cc1. The Morgan fingerprint density at radius 1 is 0.894 bits per heavy atom. The Hall–Kier alpha value is -6.66. The zero-order chi connectivity index (χ0) is 47.5. The smallest absolute Gasteiger partial charge is 0.481 e. The summed E-state index contributed by atoms with van der Waals surface area (Å²) in [5, 5.41) is 35.9. The van der Waals surface area contributed by atoms with Gasteiger partial charge in [0.05, 0.1) is 34.3 Å². The predicted octanol–water partition coefficient (Wildman–Crippen LogP) is 5.49. The van der Waals surface area contributed by atoms with Crippen LogP contribution in [0.1, 0.15) is 128 Å². The van der Waals surface area contributed by atoms with Gasteiger partial charge in [0.1, 0.15) is 17.2 Å². The van der Waals surface area contributed by atoms with Crippen LogP contribution in [0.25, 0.3) is 17.1 Å². The van der Waals surface area contributed by atoms with E-state index in [4.69, 9.17) is 15.0 Å². The van der Waals surface area contributed by atoms with Crippen molar-refractivity contribution < 1.29 is 38.7 Å². The Balaban J connectivity index is 1.08. The highest BCUT2D eigenvalue weighted by atomic mass is 16.7. The quantitative estimate of drug-likeness (QED) is 0.0821. The minimum absolute atomic E-state index is 0.0181. The van der Waals surface area contributed by atoms with Gasteiger partial charge in [-0.3, -0.25) is 28.7 Å². The van der Waals surface area contributed by atoms with E-state index in [2.05, 4.69) is 44.6 Å². The number of primary amides is 1. The van der Waals surface area contributed by atoms with Crippen LogP contribution in [-0.4, -0.2) is 107 Å². The van der Waals surface area contributed by atoms with E-state index >= 15 is 0 Å². The molecule has 6 N–H and O–H groups in total. The number of carbonyl (C=O) groups excluding carboxylic acids is 4. The summed E-state index contributed by atoms with van der Waals surface area (Å²) in [6, 6.07) is 19.1. The van der Waals surface area contributed by atoms with Crippen molar-refractivity contribution in [1.82, 2.24) is 40.3 Å². The van der Waals surface area contributed by atoms with Gasteiger partial charge in [-0.2, -0.15) is 0 Å². The van der Waals surface area contributed by atoms with Crippen molar-refractivity contribution in [3.05, 3.63) is 113 Å². The molecular weight excluding hydrogens is 841 g/mol. The van der Waals surface area contributed by atoms with Crippen molar-refractivity contribution in [2.75, 3.05) is 19.6 Å². The molecular formula is C48H58BN9O8. The number of amides is 4. The summed E-state index contributed by atoms with van der Waals surface area (Å²) in [4.78, 5) is 64.6. The number of likely N-dealkylation sites (tertiary alicyclic amines) is 1. The molecule has 2 fully saturated rings. The Morgan fingerprint density at radius 3 is 2.21 bits per heavy atom. The normalized spacial score (nSPS) is 16.4. The summed E-state index contributed by atoms with van der Waals surface area (Å²) >= 11 is 0. The van der Waals surface area contributed by atoms with Crippen LogP contribution in [0.4, 0.5) is 0 Å². The molecule has 4 heterocycles. The lowest BCUT2D eigenvalue weighted by Crippen LogP contribution is -2.56. The van der Waals surface area contributed by atoms with Gasteiger partial charge in [0, 0.05) is 49.3 Å². The Kier molecular flexibility index (Phi) is 13.9. The molecule has 2 atom stereocenters. The summed E-state index contributed by atoms with van der Waals surface area (Å²) in [6.07, 6.45) is 4.52. The van der Waals surface area contributed by atoms with Gasteiger partial charge in [-0.1, -0.05) is 58.0 Å².